The molecule has 1 saturated carbocycles. The van der Waals surface area contributed by atoms with E-state index in [1.54, 1.807) is 6.26 Å². The summed E-state index contributed by atoms with van der Waals surface area (Å²) < 4.78 is 10.7. The van der Waals surface area contributed by atoms with Crippen LogP contribution < -0.4 is 0 Å². The average molecular weight is 301 g/mol. The average Bonchev–Trinajstić information content (AvgIpc) is 2.95. The lowest BCUT2D eigenvalue weighted by Gasteiger charge is -2.30. The fourth-order valence-electron chi connectivity index (χ4n) is 3.34. The second kappa shape index (κ2) is 5.26. The first-order valence-electron chi connectivity index (χ1n) is 7.85. The topological polar surface area (TPSA) is 72.4 Å². The summed E-state index contributed by atoms with van der Waals surface area (Å²) in [6.45, 7) is 3.37. The van der Waals surface area contributed by atoms with Crippen LogP contribution in [0.15, 0.2) is 27.3 Å². The summed E-state index contributed by atoms with van der Waals surface area (Å²) in [6.07, 6.45) is 4.37. The van der Waals surface area contributed by atoms with Crippen LogP contribution in [0.4, 0.5) is 0 Å². The first-order chi connectivity index (χ1) is 10.7. The van der Waals surface area contributed by atoms with Crippen molar-refractivity contribution in [3.63, 3.8) is 0 Å². The van der Waals surface area contributed by atoms with Crippen LogP contribution in [0.1, 0.15) is 48.6 Å². The maximum absolute atomic E-state index is 12.5. The highest BCUT2D eigenvalue weighted by Crippen LogP contribution is 2.49. The van der Waals surface area contributed by atoms with Crippen LogP contribution in [0.3, 0.4) is 0 Å². The molecule has 0 bridgehead atoms. The number of likely N-dealkylation sites (tertiary alicyclic amines) is 1. The van der Waals surface area contributed by atoms with E-state index in [-0.39, 0.29) is 23.7 Å². The van der Waals surface area contributed by atoms with Gasteiger partial charge in [0.25, 0.3) is 0 Å². The fraction of sp³-hybridized carbons (Fsp3) is 0.562. The standard InChI is InChI=1S/C16H19N3O3/c1-10-17-15(22-18-10)11-4-6-19(7-5-11)16(20)13-9-12(13)14-3-2-8-21-14/h2-3,8,11-13H,4-7,9H2,1H3/t12-,13-/m0/s1. The second-order valence-electron chi connectivity index (χ2n) is 6.24. The summed E-state index contributed by atoms with van der Waals surface area (Å²) in [6, 6.07) is 3.84. The molecule has 2 aromatic rings. The third-order valence-corrected chi connectivity index (χ3v) is 4.72. The molecule has 0 radical (unpaired) electrons. The molecule has 0 N–H and O–H groups in total. The van der Waals surface area contributed by atoms with Crippen LogP contribution >= 0.6 is 0 Å². The van der Waals surface area contributed by atoms with Crippen molar-refractivity contribution in [2.24, 2.45) is 5.92 Å². The summed E-state index contributed by atoms with van der Waals surface area (Å²) in [5.74, 6) is 3.26. The Kier molecular flexibility index (Phi) is 3.24. The predicted octanol–water partition coefficient (Wildman–Crippen LogP) is 2.48. The van der Waals surface area contributed by atoms with Gasteiger partial charge in [0.15, 0.2) is 5.82 Å². The molecule has 22 heavy (non-hydrogen) atoms. The highest BCUT2D eigenvalue weighted by Gasteiger charge is 2.47. The maximum Gasteiger partial charge on any atom is 0.229 e. The van der Waals surface area contributed by atoms with Gasteiger partial charge in [-0.25, -0.2) is 0 Å². The third-order valence-electron chi connectivity index (χ3n) is 4.72. The van der Waals surface area contributed by atoms with Crippen LogP contribution in [0.25, 0.3) is 0 Å². The van der Waals surface area contributed by atoms with Gasteiger partial charge in [-0.15, -0.1) is 0 Å². The van der Waals surface area contributed by atoms with Crippen molar-refractivity contribution >= 4 is 5.91 Å². The number of rotatable bonds is 3. The predicted molar refractivity (Wildman–Crippen MR) is 77.1 cm³/mol. The molecule has 2 aromatic heterocycles. The molecule has 4 rings (SSSR count). The van der Waals surface area contributed by atoms with Crippen molar-refractivity contribution in [1.29, 1.82) is 0 Å². The lowest BCUT2D eigenvalue weighted by atomic mass is 9.96. The summed E-state index contributed by atoms with van der Waals surface area (Å²) in [4.78, 5) is 18.8. The van der Waals surface area contributed by atoms with Crippen LogP contribution in [0.2, 0.25) is 0 Å². The van der Waals surface area contributed by atoms with Crippen molar-refractivity contribution in [2.75, 3.05) is 13.1 Å². The van der Waals surface area contributed by atoms with Crippen molar-refractivity contribution in [3.05, 3.63) is 35.9 Å². The maximum atomic E-state index is 12.5. The van der Waals surface area contributed by atoms with Gasteiger partial charge in [0.05, 0.1) is 6.26 Å². The summed E-state index contributed by atoms with van der Waals surface area (Å²) in [5.41, 5.74) is 0. The highest BCUT2D eigenvalue weighted by atomic mass is 16.5. The first-order valence-corrected chi connectivity index (χ1v) is 7.85. The molecule has 6 heteroatoms. The van der Waals surface area contributed by atoms with E-state index in [9.17, 15) is 4.79 Å². The third kappa shape index (κ3) is 2.42. The van der Waals surface area contributed by atoms with Gasteiger partial charge < -0.3 is 13.8 Å². The normalized spacial score (nSPS) is 25.4. The number of carbonyl (C=O) groups is 1. The van der Waals surface area contributed by atoms with Crippen LogP contribution in [0.5, 0.6) is 0 Å². The summed E-state index contributed by atoms with van der Waals surface area (Å²) in [7, 11) is 0. The van der Waals surface area contributed by atoms with Crippen LogP contribution in [-0.4, -0.2) is 34.0 Å². The van der Waals surface area contributed by atoms with E-state index in [2.05, 4.69) is 10.1 Å². The molecule has 116 valence electrons. The summed E-state index contributed by atoms with van der Waals surface area (Å²) >= 11 is 0. The molecule has 1 aliphatic carbocycles. The summed E-state index contributed by atoms with van der Waals surface area (Å²) in [5, 5.41) is 3.85. The Morgan fingerprint density at radius 2 is 2.18 bits per heavy atom. The van der Waals surface area contributed by atoms with Gasteiger partial charge in [0, 0.05) is 30.8 Å². The van der Waals surface area contributed by atoms with E-state index in [1.807, 2.05) is 24.0 Å². The van der Waals surface area contributed by atoms with E-state index in [0.717, 1.165) is 38.1 Å². The number of aryl methyl sites for hydroxylation is 1. The number of furan rings is 1. The first kappa shape index (κ1) is 13.5. The van der Waals surface area contributed by atoms with Crippen LogP contribution in [0, 0.1) is 12.8 Å². The van der Waals surface area contributed by atoms with Gasteiger partial charge in [-0.2, -0.15) is 4.98 Å². The zero-order valence-corrected chi connectivity index (χ0v) is 12.6. The largest absolute Gasteiger partial charge is 0.469 e. The lowest BCUT2D eigenvalue weighted by molar-refractivity contribution is -0.133. The van der Waals surface area contributed by atoms with Crippen molar-refractivity contribution in [1.82, 2.24) is 15.0 Å². The molecule has 0 unspecified atom stereocenters. The minimum absolute atomic E-state index is 0.105. The zero-order valence-electron chi connectivity index (χ0n) is 12.6. The SMILES string of the molecule is Cc1noc(C2CCN(C(=O)[C@H]3C[C@@H]3c3ccco3)CC2)n1. The fourth-order valence-corrected chi connectivity index (χ4v) is 3.34. The van der Waals surface area contributed by atoms with Crippen molar-refractivity contribution in [3.8, 4) is 0 Å². The van der Waals surface area contributed by atoms with E-state index < -0.39 is 0 Å². The number of piperidine rings is 1. The second-order valence-corrected chi connectivity index (χ2v) is 6.24. The molecule has 1 amide bonds. The molecule has 2 fully saturated rings. The zero-order chi connectivity index (χ0) is 15.1. The Morgan fingerprint density at radius 3 is 2.82 bits per heavy atom. The van der Waals surface area contributed by atoms with E-state index in [1.165, 1.54) is 0 Å². The molecular weight excluding hydrogens is 282 g/mol. The Balaban J connectivity index is 1.33. The monoisotopic (exact) mass is 301 g/mol. The molecule has 2 aliphatic rings. The lowest BCUT2D eigenvalue weighted by Crippen LogP contribution is -2.39. The number of amides is 1. The molecule has 1 saturated heterocycles. The molecule has 0 aromatic carbocycles. The minimum Gasteiger partial charge on any atom is -0.469 e. The Morgan fingerprint density at radius 1 is 1.36 bits per heavy atom. The Labute approximate surface area is 128 Å². The molecular formula is C16H19N3O3. The van der Waals surface area contributed by atoms with E-state index >= 15 is 0 Å². The van der Waals surface area contributed by atoms with Gasteiger partial charge in [-0.1, -0.05) is 5.16 Å². The number of carbonyl (C=O) groups excluding carboxylic acids is 1. The van der Waals surface area contributed by atoms with E-state index in [0.29, 0.717) is 11.7 Å². The molecule has 6 nitrogen and oxygen atoms in total. The Bertz CT molecular complexity index is 656. The number of nitrogens with zero attached hydrogens (tertiary/aromatic N) is 3. The Hall–Kier alpha value is -2.11. The van der Waals surface area contributed by atoms with Crippen molar-refractivity contribution in [2.45, 2.75) is 38.0 Å². The van der Waals surface area contributed by atoms with Crippen LogP contribution in [-0.2, 0) is 4.79 Å². The highest BCUT2D eigenvalue weighted by molar-refractivity contribution is 5.83. The number of hydrogen-bond acceptors (Lipinski definition) is 5. The van der Waals surface area contributed by atoms with Gasteiger partial charge in [-0.05, 0) is 38.3 Å². The quantitative estimate of drug-likeness (QED) is 0.871. The molecule has 0 spiro atoms. The van der Waals surface area contributed by atoms with Gasteiger partial charge >= 0.3 is 0 Å². The van der Waals surface area contributed by atoms with Gasteiger partial charge in [0.2, 0.25) is 11.8 Å². The van der Waals surface area contributed by atoms with Gasteiger partial charge in [0.1, 0.15) is 5.76 Å². The molecule has 1 aliphatic heterocycles. The molecule has 2 atom stereocenters. The minimum atomic E-state index is 0.105. The smallest absolute Gasteiger partial charge is 0.229 e. The molecule has 3 heterocycles. The number of aromatic nitrogens is 2. The number of hydrogen-bond donors (Lipinski definition) is 0. The van der Waals surface area contributed by atoms with Crippen molar-refractivity contribution < 1.29 is 13.7 Å². The van der Waals surface area contributed by atoms with E-state index in [4.69, 9.17) is 8.94 Å². The van der Waals surface area contributed by atoms with Gasteiger partial charge in [-0.3, -0.25) is 4.79 Å².